The Morgan fingerprint density at radius 2 is 1.97 bits per heavy atom. The number of nitrogens with one attached hydrogen (secondary N) is 3. The van der Waals surface area contributed by atoms with E-state index in [1.165, 1.54) is 12.8 Å². The van der Waals surface area contributed by atoms with Crippen molar-refractivity contribution in [2.75, 3.05) is 33.7 Å². The Labute approximate surface area is 186 Å². The van der Waals surface area contributed by atoms with E-state index in [1.807, 2.05) is 18.3 Å². The van der Waals surface area contributed by atoms with Crippen LogP contribution in [0.5, 0.6) is 5.88 Å². The number of aliphatic imine (C=N–C) groups is 1. The number of likely N-dealkylation sites (tertiary alicyclic amines) is 1. The Bertz CT molecular complexity index is 725. The minimum atomic E-state index is 0.0719. The summed E-state index contributed by atoms with van der Waals surface area (Å²) in [5.74, 6) is 2.39. The van der Waals surface area contributed by atoms with Crippen LogP contribution in [-0.2, 0) is 11.3 Å². The van der Waals surface area contributed by atoms with Gasteiger partial charge in [0.15, 0.2) is 5.96 Å². The van der Waals surface area contributed by atoms with E-state index in [2.05, 4.69) is 37.8 Å². The summed E-state index contributed by atoms with van der Waals surface area (Å²) in [5, 5.41) is 9.60. The lowest BCUT2D eigenvalue weighted by atomic mass is 9.89. The zero-order valence-corrected chi connectivity index (χ0v) is 19.2. The van der Waals surface area contributed by atoms with Gasteiger partial charge in [-0.25, -0.2) is 4.98 Å². The molecule has 2 fully saturated rings. The third-order valence-corrected chi connectivity index (χ3v) is 6.31. The van der Waals surface area contributed by atoms with E-state index < -0.39 is 0 Å². The molecule has 1 saturated carbocycles. The SMILES string of the molecule is CN=C(NCc1ccnc(OC2CCC(C)CC2)c1)NC1CCN(CC(=O)NC)CC1. The largest absolute Gasteiger partial charge is 0.474 e. The summed E-state index contributed by atoms with van der Waals surface area (Å²) in [7, 11) is 3.47. The lowest BCUT2D eigenvalue weighted by Gasteiger charge is -2.32. The van der Waals surface area contributed by atoms with Crippen LogP contribution in [0, 0.1) is 5.92 Å². The fourth-order valence-electron chi connectivity index (χ4n) is 4.23. The average molecular weight is 431 g/mol. The number of likely N-dealkylation sites (N-methyl/N-ethyl adjacent to an activating group) is 1. The number of amides is 1. The number of piperidine rings is 1. The molecule has 0 spiro atoms. The molecule has 0 aromatic carbocycles. The van der Waals surface area contributed by atoms with E-state index in [-0.39, 0.29) is 12.0 Å². The number of rotatable bonds is 7. The maximum Gasteiger partial charge on any atom is 0.233 e. The van der Waals surface area contributed by atoms with E-state index in [0.717, 1.165) is 56.2 Å². The van der Waals surface area contributed by atoms with E-state index in [9.17, 15) is 4.79 Å². The fourth-order valence-corrected chi connectivity index (χ4v) is 4.23. The van der Waals surface area contributed by atoms with Crippen LogP contribution in [0.15, 0.2) is 23.3 Å². The molecule has 1 saturated heterocycles. The van der Waals surface area contributed by atoms with Crippen molar-refractivity contribution in [2.24, 2.45) is 10.9 Å². The van der Waals surface area contributed by atoms with Gasteiger partial charge in [-0.15, -0.1) is 0 Å². The van der Waals surface area contributed by atoms with Gasteiger partial charge in [0.2, 0.25) is 11.8 Å². The summed E-state index contributed by atoms with van der Waals surface area (Å²) in [6.07, 6.45) is 8.78. The topological polar surface area (TPSA) is 90.9 Å². The summed E-state index contributed by atoms with van der Waals surface area (Å²) < 4.78 is 6.13. The van der Waals surface area contributed by atoms with Crippen LogP contribution >= 0.6 is 0 Å². The van der Waals surface area contributed by atoms with Crippen LogP contribution in [0.2, 0.25) is 0 Å². The molecule has 2 heterocycles. The molecule has 172 valence electrons. The van der Waals surface area contributed by atoms with Crippen LogP contribution < -0.4 is 20.7 Å². The first-order valence-electron chi connectivity index (χ1n) is 11.6. The molecule has 1 aliphatic carbocycles. The van der Waals surface area contributed by atoms with Crippen molar-refractivity contribution in [3.63, 3.8) is 0 Å². The number of hydrogen-bond acceptors (Lipinski definition) is 5. The third-order valence-electron chi connectivity index (χ3n) is 6.31. The quantitative estimate of drug-likeness (QED) is 0.452. The Balaban J connectivity index is 1.42. The molecular weight excluding hydrogens is 392 g/mol. The molecule has 8 nitrogen and oxygen atoms in total. The van der Waals surface area contributed by atoms with Gasteiger partial charge in [-0.1, -0.05) is 6.92 Å². The molecule has 1 aromatic rings. The predicted octanol–water partition coefficient (Wildman–Crippen LogP) is 1.91. The second-order valence-electron chi connectivity index (χ2n) is 8.80. The Kier molecular flexibility index (Phi) is 8.94. The standard InChI is InChI=1S/C23H38N6O2/c1-17-4-6-20(7-5-17)31-22-14-18(8-11-26-22)15-27-23(25-3)28-19-9-12-29(13-10-19)16-21(30)24-2/h8,11,14,17,19-20H,4-7,9-10,12-13,15-16H2,1-3H3,(H,24,30)(H2,25,27,28). The molecule has 0 atom stereocenters. The minimum absolute atomic E-state index is 0.0719. The number of pyridine rings is 1. The summed E-state index contributed by atoms with van der Waals surface area (Å²) in [4.78, 5) is 22.5. The molecular formula is C23H38N6O2. The van der Waals surface area contributed by atoms with Gasteiger partial charge in [0.05, 0.1) is 6.54 Å². The highest BCUT2D eigenvalue weighted by Gasteiger charge is 2.22. The van der Waals surface area contributed by atoms with Gasteiger partial charge >= 0.3 is 0 Å². The van der Waals surface area contributed by atoms with E-state index >= 15 is 0 Å². The average Bonchev–Trinajstić information content (AvgIpc) is 2.79. The summed E-state index contributed by atoms with van der Waals surface area (Å²) in [6.45, 7) is 5.27. The van der Waals surface area contributed by atoms with Crippen LogP contribution in [-0.4, -0.2) is 67.6 Å². The van der Waals surface area contributed by atoms with Gasteiger partial charge in [0.25, 0.3) is 0 Å². The Hall–Kier alpha value is -2.35. The molecule has 0 unspecified atom stereocenters. The number of aromatic nitrogens is 1. The fraction of sp³-hybridized carbons (Fsp3) is 0.696. The van der Waals surface area contributed by atoms with Crippen LogP contribution in [0.1, 0.15) is 51.0 Å². The van der Waals surface area contributed by atoms with Crippen molar-refractivity contribution < 1.29 is 9.53 Å². The maximum atomic E-state index is 11.5. The van der Waals surface area contributed by atoms with Crippen LogP contribution in [0.25, 0.3) is 0 Å². The number of guanidine groups is 1. The Morgan fingerprint density at radius 1 is 1.23 bits per heavy atom. The molecule has 8 heteroatoms. The second kappa shape index (κ2) is 11.9. The zero-order chi connectivity index (χ0) is 22.1. The van der Waals surface area contributed by atoms with Gasteiger partial charge < -0.3 is 20.7 Å². The van der Waals surface area contributed by atoms with Crippen molar-refractivity contribution in [3.05, 3.63) is 23.9 Å². The molecule has 31 heavy (non-hydrogen) atoms. The molecule has 1 amide bonds. The lowest BCUT2D eigenvalue weighted by molar-refractivity contribution is -0.122. The van der Waals surface area contributed by atoms with Crippen LogP contribution in [0.4, 0.5) is 0 Å². The van der Waals surface area contributed by atoms with Crippen molar-refractivity contribution in [3.8, 4) is 5.88 Å². The predicted molar refractivity (Wildman–Crippen MR) is 123 cm³/mol. The normalized spacial score (nSPS) is 23.3. The number of nitrogens with zero attached hydrogens (tertiary/aromatic N) is 3. The van der Waals surface area contributed by atoms with Crippen molar-refractivity contribution in [1.29, 1.82) is 0 Å². The molecule has 0 bridgehead atoms. The van der Waals surface area contributed by atoms with Crippen molar-refractivity contribution >= 4 is 11.9 Å². The smallest absolute Gasteiger partial charge is 0.233 e. The molecule has 3 N–H and O–H groups in total. The molecule has 2 aliphatic rings. The molecule has 3 rings (SSSR count). The summed E-state index contributed by atoms with van der Waals surface area (Å²) >= 11 is 0. The number of ether oxygens (including phenoxy) is 1. The zero-order valence-electron chi connectivity index (χ0n) is 19.2. The third kappa shape index (κ3) is 7.69. The summed E-state index contributed by atoms with van der Waals surface area (Å²) in [6, 6.07) is 4.39. The highest BCUT2D eigenvalue weighted by atomic mass is 16.5. The first-order valence-corrected chi connectivity index (χ1v) is 11.6. The molecule has 1 aliphatic heterocycles. The first-order chi connectivity index (χ1) is 15.1. The number of hydrogen-bond donors (Lipinski definition) is 3. The monoisotopic (exact) mass is 430 g/mol. The maximum absolute atomic E-state index is 11.5. The van der Waals surface area contributed by atoms with Gasteiger partial charge in [0, 0.05) is 52.0 Å². The van der Waals surface area contributed by atoms with Gasteiger partial charge in [-0.05, 0) is 56.1 Å². The number of carbonyl (C=O) groups is 1. The lowest BCUT2D eigenvalue weighted by Crippen LogP contribution is -2.49. The minimum Gasteiger partial charge on any atom is -0.474 e. The van der Waals surface area contributed by atoms with Crippen LogP contribution in [0.3, 0.4) is 0 Å². The second-order valence-corrected chi connectivity index (χ2v) is 8.80. The first kappa shape index (κ1) is 23.3. The van der Waals surface area contributed by atoms with Crippen molar-refractivity contribution in [1.82, 2.24) is 25.8 Å². The molecule has 0 radical (unpaired) electrons. The van der Waals surface area contributed by atoms with E-state index in [4.69, 9.17) is 4.74 Å². The van der Waals surface area contributed by atoms with E-state index in [1.54, 1.807) is 14.1 Å². The highest BCUT2D eigenvalue weighted by molar-refractivity contribution is 5.80. The van der Waals surface area contributed by atoms with E-state index in [0.29, 0.717) is 25.0 Å². The van der Waals surface area contributed by atoms with Gasteiger partial charge in [-0.2, -0.15) is 0 Å². The van der Waals surface area contributed by atoms with Gasteiger partial charge in [0.1, 0.15) is 6.10 Å². The number of carbonyl (C=O) groups excluding carboxylic acids is 1. The summed E-state index contributed by atoms with van der Waals surface area (Å²) in [5.41, 5.74) is 1.12. The molecule has 1 aromatic heterocycles. The highest BCUT2D eigenvalue weighted by Crippen LogP contribution is 2.26. The van der Waals surface area contributed by atoms with Crippen molar-refractivity contribution in [2.45, 2.75) is 64.1 Å². The van der Waals surface area contributed by atoms with Gasteiger partial charge in [-0.3, -0.25) is 14.7 Å². The Morgan fingerprint density at radius 3 is 2.65 bits per heavy atom.